The maximum Gasteiger partial charge on any atom is 0.0314 e. The molecule has 15 heavy (non-hydrogen) atoms. The summed E-state index contributed by atoms with van der Waals surface area (Å²) in [5.41, 5.74) is 9.01. The van der Waals surface area contributed by atoms with Crippen molar-refractivity contribution in [3.05, 3.63) is 59.7 Å². The van der Waals surface area contributed by atoms with E-state index in [1.807, 2.05) is 24.3 Å². The molecular weight excluding hydrogens is 182 g/mol. The molecule has 1 heteroatoms. The molecule has 1 aromatic rings. The Morgan fingerprint density at radius 3 is 2.53 bits per heavy atom. The van der Waals surface area contributed by atoms with Crippen molar-refractivity contribution in [3.63, 3.8) is 0 Å². The number of benzene rings is 1. The molecule has 0 unspecified atom stereocenters. The topological polar surface area (TPSA) is 26.0 Å². The zero-order valence-electron chi connectivity index (χ0n) is 8.69. The second-order valence-electron chi connectivity index (χ2n) is 3.71. The summed E-state index contributed by atoms with van der Waals surface area (Å²) in [4.78, 5) is 0. The molecule has 0 saturated carbocycles. The maximum atomic E-state index is 5.62. The molecule has 1 nitrogen and oxygen atoms in total. The molecule has 0 amide bonds. The van der Waals surface area contributed by atoms with Crippen LogP contribution in [0.1, 0.15) is 18.4 Å². The number of nitrogens with two attached hydrogens (primary N) is 1. The van der Waals surface area contributed by atoms with Crippen LogP contribution >= 0.6 is 0 Å². The van der Waals surface area contributed by atoms with Gasteiger partial charge < -0.3 is 5.73 Å². The van der Waals surface area contributed by atoms with E-state index in [1.165, 1.54) is 11.1 Å². The Morgan fingerprint density at radius 1 is 1.07 bits per heavy atom. The number of allylic oxidation sites excluding steroid dienone is 5. The molecule has 2 rings (SSSR count). The van der Waals surface area contributed by atoms with E-state index >= 15 is 0 Å². The van der Waals surface area contributed by atoms with Gasteiger partial charge in [0.25, 0.3) is 0 Å². The first-order valence-electron chi connectivity index (χ1n) is 5.24. The Morgan fingerprint density at radius 2 is 1.87 bits per heavy atom. The lowest BCUT2D eigenvalue weighted by Gasteiger charge is -2.02. The highest BCUT2D eigenvalue weighted by Gasteiger charge is 1.94. The number of nitrogen functional groups attached to an aromatic ring is 1. The summed E-state index contributed by atoms with van der Waals surface area (Å²) in [5.74, 6) is 0. The summed E-state index contributed by atoms with van der Waals surface area (Å²) in [7, 11) is 0. The van der Waals surface area contributed by atoms with Crippen LogP contribution in [0.15, 0.2) is 54.1 Å². The van der Waals surface area contributed by atoms with Gasteiger partial charge >= 0.3 is 0 Å². The number of rotatable bonds is 2. The van der Waals surface area contributed by atoms with Gasteiger partial charge in [-0.05, 0) is 36.1 Å². The Labute approximate surface area is 90.6 Å². The molecule has 1 aliphatic carbocycles. The van der Waals surface area contributed by atoms with E-state index in [0.717, 1.165) is 18.5 Å². The normalized spacial score (nSPS) is 15.6. The second-order valence-corrected chi connectivity index (χ2v) is 3.71. The first-order chi connectivity index (χ1) is 7.34. The zero-order valence-corrected chi connectivity index (χ0v) is 8.69. The number of hydrogen-bond acceptors (Lipinski definition) is 1. The quantitative estimate of drug-likeness (QED) is 0.721. The van der Waals surface area contributed by atoms with Crippen LogP contribution in [0.3, 0.4) is 0 Å². The van der Waals surface area contributed by atoms with E-state index in [-0.39, 0.29) is 0 Å². The van der Waals surface area contributed by atoms with Crippen molar-refractivity contribution in [1.29, 1.82) is 0 Å². The Bertz CT molecular complexity index is 407. The van der Waals surface area contributed by atoms with Gasteiger partial charge in [-0.2, -0.15) is 0 Å². The van der Waals surface area contributed by atoms with E-state index in [1.54, 1.807) is 0 Å². The molecule has 0 saturated heterocycles. The molecular formula is C14H15N. The van der Waals surface area contributed by atoms with Crippen LogP contribution < -0.4 is 5.73 Å². The largest absolute Gasteiger partial charge is 0.399 e. The van der Waals surface area contributed by atoms with E-state index in [2.05, 4.69) is 30.4 Å². The summed E-state index contributed by atoms with van der Waals surface area (Å²) in [6.45, 7) is 0. The lowest BCUT2D eigenvalue weighted by atomic mass is 10.0. The molecule has 76 valence electrons. The molecule has 1 aromatic carbocycles. The Kier molecular flexibility index (Phi) is 3.03. The average Bonchev–Trinajstić information content (AvgIpc) is 2.30. The number of hydrogen-bond donors (Lipinski definition) is 1. The van der Waals surface area contributed by atoms with Crippen molar-refractivity contribution in [2.75, 3.05) is 5.73 Å². The zero-order chi connectivity index (χ0) is 10.5. The standard InChI is InChI=1S/C14H15N/c15-14-10-8-13(9-11-14)7-6-12-4-2-1-3-5-12/h1-2,4,6-11H,3,5,15H2/b7-6+. The second kappa shape index (κ2) is 4.65. The van der Waals surface area contributed by atoms with Crippen LogP contribution in [0.5, 0.6) is 0 Å². The van der Waals surface area contributed by atoms with E-state index in [4.69, 9.17) is 5.73 Å². The van der Waals surface area contributed by atoms with Crippen LogP contribution in [0.25, 0.3) is 6.08 Å². The minimum absolute atomic E-state index is 0.812. The van der Waals surface area contributed by atoms with Gasteiger partial charge in [0.2, 0.25) is 0 Å². The van der Waals surface area contributed by atoms with Gasteiger partial charge in [-0.25, -0.2) is 0 Å². The number of anilines is 1. The van der Waals surface area contributed by atoms with Gasteiger partial charge in [0.1, 0.15) is 0 Å². The maximum absolute atomic E-state index is 5.62. The smallest absolute Gasteiger partial charge is 0.0314 e. The van der Waals surface area contributed by atoms with E-state index in [0.29, 0.717) is 0 Å². The summed E-state index contributed by atoms with van der Waals surface area (Å²) >= 11 is 0. The monoisotopic (exact) mass is 197 g/mol. The van der Waals surface area contributed by atoms with Crippen LogP contribution in [0.4, 0.5) is 5.69 Å². The fraction of sp³-hybridized carbons (Fsp3) is 0.143. The van der Waals surface area contributed by atoms with Gasteiger partial charge in [0.05, 0.1) is 0 Å². The third kappa shape index (κ3) is 2.84. The van der Waals surface area contributed by atoms with E-state index < -0.39 is 0 Å². The fourth-order valence-electron chi connectivity index (χ4n) is 1.57. The molecule has 0 aliphatic heterocycles. The van der Waals surface area contributed by atoms with Crippen molar-refractivity contribution in [1.82, 2.24) is 0 Å². The molecule has 0 heterocycles. The van der Waals surface area contributed by atoms with Crippen LogP contribution in [0.2, 0.25) is 0 Å². The predicted octanol–water partition coefficient (Wildman–Crippen LogP) is 3.56. The van der Waals surface area contributed by atoms with E-state index in [9.17, 15) is 0 Å². The lowest BCUT2D eigenvalue weighted by molar-refractivity contribution is 0.992. The molecule has 1 aliphatic rings. The molecule has 0 fully saturated rings. The van der Waals surface area contributed by atoms with Gasteiger partial charge in [0, 0.05) is 5.69 Å². The lowest BCUT2D eigenvalue weighted by Crippen LogP contribution is -1.84. The van der Waals surface area contributed by atoms with Crippen molar-refractivity contribution < 1.29 is 0 Å². The van der Waals surface area contributed by atoms with Crippen molar-refractivity contribution in [3.8, 4) is 0 Å². The first kappa shape index (κ1) is 9.78. The molecule has 0 aromatic heterocycles. The van der Waals surface area contributed by atoms with Crippen molar-refractivity contribution in [2.45, 2.75) is 12.8 Å². The third-order valence-corrected chi connectivity index (χ3v) is 2.47. The van der Waals surface area contributed by atoms with Gasteiger partial charge in [-0.3, -0.25) is 0 Å². The SMILES string of the molecule is Nc1ccc(/C=C/C2=CC=CCC2)cc1. The van der Waals surface area contributed by atoms with Crippen LogP contribution in [0, 0.1) is 0 Å². The van der Waals surface area contributed by atoms with Crippen molar-refractivity contribution in [2.24, 2.45) is 0 Å². The fourth-order valence-corrected chi connectivity index (χ4v) is 1.57. The van der Waals surface area contributed by atoms with Gasteiger partial charge in [-0.15, -0.1) is 0 Å². The first-order valence-corrected chi connectivity index (χ1v) is 5.24. The molecule has 0 atom stereocenters. The van der Waals surface area contributed by atoms with Crippen LogP contribution in [-0.2, 0) is 0 Å². The highest BCUT2D eigenvalue weighted by molar-refractivity contribution is 5.56. The molecule has 2 N–H and O–H groups in total. The predicted molar refractivity (Wildman–Crippen MR) is 66.3 cm³/mol. The third-order valence-electron chi connectivity index (χ3n) is 2.47. The highest BCUT2D eigenvalue weighted by Crippen LogP contribution is 2.15. The van der Waals surface area contributed by atoms with Gasteiger partial charge in [-0.1, -0.05) is 42.5 Å². The Hall–Kier alpha value is -1.76. The Balaban J connectivity index is 2.07. The summed E-state index contributed by atoms with van der Waals surface area (Å²) in [6, 6.07) is 7.92. The van der Waals surface area contributed by atoms with Gasteiger partial charge in [0.15, 0.2) is 0 Å². The molecule has 0 radical (unpaired) electrons. The summed E-state index contributed by atoms with van der Waals surface area (Å²) in [5, 5.41) is 0. The minimum Gasteiger partial charge on any atom is -0.399 e. The molecule has 0 bridgehead atoms. The van der Waals surface area contributed by atoms with Crippen molar-refractivity contribution >= 4 is 11.8 Å². The average molecular weight is 197 g/mol. The summed E-state index contributed by atoms with van der Waals surface area (Å²) < 4.78 is 0. The minimum atomic E-state index is 0.812. The summed E-state index contributed by atoms with van der Waals surface area (Å²) in [6.07, 6.45) is 13.1. The van der Waals surface area contributed by atoms with Crippen LogP contribution in [-0.4, -0.2) is 0 Å². The molecule has 0 spiro atoms. The highest BCUT2D eigenvalue weighted by atomic mass is 14.5.